The fourth-order valence-electron chi connectivity index (χ4n) is 5.30. The molecule has 1 spiro atoms. The second-order valence-corrected chi connectivity index (χ2v) is 14.3. The van der Waals surface area contributed by atoms with Gasteiger partial charge in [-0.05, 0) is 102 Å². The molecule has 0 radical (unpaired) electrons. The van der Waals surface area contributed by atoms with Gasteiger partial charge in [-0.3, -0.25) is 9.59 Å². The van der Waals surface area contributed by atoms with Gasteiger partial charge in [0.1, 0.15) is 22.8 Å². The highest BCUT2D eigenvalue weighted by molar-refractivity contribution is 6.18. The summed E-state index contributed by atoms with van der Waals surface area (Å²) >= 11 is 11.1. The van der Waals surface area contributed by atoms with Crippen molar-refractivity contribution in [2.24, 2.45) is 0 Å². The van der Waals surface area contributed by atoms with Crippen LogP contribution in [0.2, 0.25) is 0 Å². The molecule has 2 aromatic rings. The van der Waals surface area contributed by atoms with Crippen LogP contribution in [0.4, 0.5) is 29.7 Å². The van der Waals surface area contributed by atoms with Crippen molar-refractivity contribution in [1.82, 2.24) is 9.80 Å². The quantitative estimate of drug-likeness (QED) is 0.328. The van der Waals surface area contributed by atoms with Crippen LogP contribution in [0.5, 0.6) is 0 Å². The number of carbonyl (C=O) groups excluding carboxylic acids is 4. The third-order valence-electron chi connectivity index (χ3n) is 7.50. The Labute approximate surface area is 290 Å². The largest absolute Gasteiger partial charge is 0.444 e. The van der Waals surface area contributed by atoms with Gasteiger partial charge in [0.2, 0.25) is 11.8 Å². The lowest BCUT2D eigenvalue weighted by molar-refractivity contribution is -0.122. The molecule has 1 fully saturated rings. The summed E-state index contributed by atoms with van der Waals surface area (Å²) in [4.78, 5) is 50.0. The second-order valence-electron chi connectivity index (χ2n) is 13.6. The molecule has 3 aliphatic heterocycles. The van der Waals surface area contributed by atoms with Gasteiger partial charge in [0, 0.05) is 49.3 Å². The molecule has 264 valence electrons. The van der Waals surface area contributed by atoms with E-state index in [1.165, 1.54) is 29.2 Å². The number of fused-ring (bicyclic) bond motifs is 3. The van der Waals surface area contributed by atoms with Gasteiger partial charge in [0.25, 0.3) is 0 Å². The first-order valence-corrected chi connectivity index (χ1v) is 16.7. The maximum Gasteiger partial charge on any atom is 0.410 e. The molecule has 14 heteroatoms. The Morgan fingerprint density at radius 3 is 1.94 bits per heavy atom. The van der Waals surface area contributed by atoms with Crippen molar-refractivity contribution in [2.75, 3.05) is 48.6 Å². The van der Waals surface area contributed by atoms with E-state index in [2.05, 4.69) is 10.6 Å². The summed E-state index contributed by atoms with van der Waals surface area (Å²) in [6.45, 7) is 12.7. The Balaban J connectivity index is 0.000000213. The summed E-state index contributed by atoms with van der Waals surface area (Å²) in [5, 5.41) is 5.45. The summed E-state index contributed by atoms with van der Waals surface area (Å²) in [5.41, 5.74) is 1.08. The molecular formula is C34H44Cl2F2N4O6. The van der Waals surface area contributed by atoms with Gasteiger partial charge in [-0.25, -0.2) is 18.4 Å². The molecule has 5 rings (SSSR count). The van der Waals surface area contributed by atoms with E-state index in [4.69, 9.17) is 32.7 Å². The van der Waals surface area contributed by atoms with E-state index >= 15 is 0 Å². The first kappa shape index (κ1) is 38.8. The highest BCUT2D eigenvalue weighted by Crippen LogP contribution is 2.45. The number of hydrogen-bond donors (Lipinski definition) is 2. The second kappa shape index (κ2) is 16.2. The van der Waals surface area contributed by atoms with Gasteiger partial charge in [-0.1, -0.05) is 0 Å². The Hall–Kier alpha value is -3.64. The van der Waals surface area contributed by atoms with E-state index < -0.39 is 16.6 Å². The molecule has 0 aliphatic carbocycles. The van der Waals surface area contributed by atoms with Crippen molar-refractivity contribution in [1.29, 1.82) is 0 Å². The molecule has 2 N–H and O–H groups in total. The van der Waals surface area contributed by atoms with Crippen LogP contribution in [0, 0.1) is 11.6 Å². The number of benzene rings is 2. The molecular weight excluding hydrogens is 669 g/mol. The molecule has 1 saturated heterocycles. The van der Waals surface area contributed by atoms with Crippen LogP contribution in [-0.2, 0) is 30.9 Å². The average molecular weight is 714 g/mol. The van der Waals surface area contributed by atoms with Crippen LogP contribution in [-0.4, -0.2) is 82.9 Å². The number of rotatable bonds is 4. The summed E-state index contributed by atoms with van der Waals surface area (Å²) < 4.78 is 36.7. The standard InChI is InChI=1S/C17H21FN2O3.C9H17Cl2NO2.C8H6FNO/c1-16(2,3)23-15(22)20-8-6-17(7-9-20)12-10-11(18)4-5-13(12)19-14(17)21;1-9(2,3)14-8(13)12(6-4-10)7-5-11;9-6-1-2-7-5(3-6)4-8(11)10-7/h4-5,10H,6-9H2,1-3H3,(H,19,21);4-7H2,1-3H3;1-3H,4H2,(H,10,11). The lowest BCUT2D eigenvalue weighted by Gasteiger charge is -2.38. The summed E-state index contributed by atoms with van der Waals surface area (Å²) in [5.74, 6) is -0.0475. The summed E-state index contributed by atoms with van der Waals surface area (Å²) in [6, 6.07) is 8.66. The predicted octanol–water partition coefficient (Wildman–Crippen LogP) is 7.07. The van der Waals surface area contributed by atoms with E-state index in [9.17, 15) is 28.0 Å². The maximum atomic E-state index is 13.6. The number of piperidine rings is 1. The van der Waals surface area contributed by atoms with E-state index in [0.717, 1.165) is 11.3 Å². The van der Waals surface area contributed by atoms with Crippen molar-refractivity contribution in [2.45, 2.75) is 77.4 Å². The van der Waals surface area contributed by atoms with Crippen LogP contribution in [0.25, 0.3) is 0 Å². The zero-order valence-electron chi connectivity index (χ0n) is 28.2. The number of carbonyl (C=O) groups is 4. The minimum absolute atomic E-state index is 0.0643. The van der Waals surface area contributed by atoms with Crippen LogP contribution in [0.3, 0.4) is 0 Å². The highest BCUT2D eigenvalue weighted by atomic mass is 35.5. The SMILES string of the molecule is CC(C)(C)OC(=O)N(CCCl)CCCl.CC(C)(C)OC(=O)N1CCC2(CC1)C(=O)Nc1ccc(F)cc12.O=C1Cc2cc(F)ccc2N1. The minimum Gasteiger partial charge on any atom is -0.444 e. The first-order valence-electron chi connectivity index (χ1n) is 15.6. The Morgan fingerprint density at radius 2 is 1.40 bits per heavy atom. The molecule has 2 aromatic carbocycles. The van der Waals surface area contributed by atoms with Gasteiger partial charge in [-0.15, -0.1) is 23.2 Å². The molecule has 48 heavy (non-hydrogen) atoms. The summed E-state index contributed by atoms with van der Waals surface area (Å²) in [7, 11) is 0. The number of nitrogens with zero attached hydrogens (tertiary/aromatic N) is 2. The normalized spacial score (nSPS) is 15.9. The van der Waals surface area contributed by atoms with Gasteiger partial charge < -0.3 is 29.9 Å². The zero-order valence-corrected chi connectivity index (χ0v) is 29.7. The molecule has 4 amide bonds. The third kappa shape index (κ3) is 10.7. The van der Waals surface area contributed by atoms with E-state index in [0.29, 0.717) is 68.5 Å². The molecule has 0 bridgehead atoms. The van der Waals surface area contributed by atoms with Crippen molar-refractivity contribution in [3.8, 4) is 0 Å². The van der Waals surface area contributed by atoms with Crippen LogP contribution >= 0.6 is 23.2 Å². The van der Waals surface area contributed by atoms with Gasteiger partial charge in [0.15, 0.2) is 0 Å². The lowest BCUT2D eigenvalue weighted by Crippen LogP contribution is -2.49. The van der Waals surface area contributed by atoms with E-state index in [1.807, 2.05) is 41.5 Å². The number of amides is 4. The van der Waals surface area contributed by atoms with Crippen molar-refractivity contribution >= 4 is 58.6 Å². The molecule has 3 heterocycles. The number of nitrogens with one attached hydrogen (secondary N) is 2. The number of ether oxygens (including phenoxy) is 2. The van der Waals surface area contributed by atoms with Crippen LogP contribution < -0.4 is 10.6 Å². The first-order chi connectivity index (χ1) is 22.4. The number of halogens is 4. The average Bonchev–Trinajstić information content (AvgIpc) is 3.47. The van der Waals surface area contributed by atoms with Gasteiger partial charge in [0.05, 0.1) is 11.8 Å². The monoisotopic (exact) mass is 712 g/mol. The molecule has 3 aliphatic rings. The third-order valence-corrected chi connectivity index (χ3v) is 7.84. The Kier molecular flexibility index (Phi) is 13.1. The summed E-state index contributed by atoms with van der Waals surface area (Å²) in [6.07, 6.45) is 0.500. The minimum atomic E-state index is -0.740. The molecule has 0 saturated carbocycles. The van der Waals surface area contributed by atoms with Crippen molar-refractivity contribution in [3.63, 3.8) is 0 Å². The van der Waals surface area contributed by atoms with E-state index in [-0.39, 0.29) is 35.6 Å². The highest BCUT2D eigenvalue weighted by Gasteiger charge is 2.49. The number of anilines is 2. The topological polar surface area (TPSA) is 117 Å². The zero-order chi connectivity index (χ0) is 35.9. The number of hydrogen-bond acceptors (Lipinski definition) is 6. The Morgan fingerprint density at radius 1 is 0.854 bits per heavy atom. The molecule has 0 unspecified atom stereocenters. The number of alkyl halides is 2. The van der Waals surface area contributed by atoms with E-state index in [1.54, 1.807) is 17.0 Å². The van der Waals surface area contributed by atoms with Crippen molar-refractivity contribution < 1.29 is 37.4 Å². The number of likely N-dealkylation sites (tertiary alicyclic amines) is 1. The molecule has 0 aromatic heterocycles. The molecule has 0 atom stereocenters. The van der Waals surface area contributed by atoms with Gasteiger partial charge >= 0.3 is 12.2 Å². The maximum absolute atomic E-state index is 13.6. The fraction of sp³-hybridized carbons (Fsp3) is 0.529. The smallest absolute Gasteiger partial charge is 0.410 e. The van der Waals surface area contributed by atoms with Gasteiger partial charge in [-0.2, -0.15) is 0 Å². The Bertz CT molecular complexity index is 1480. The fourth-order valence-corrected chi connectivity index (χ4v) is 5.71. The molecule has 10 nitrogen and oxygen atoms in total. The van der Waals surface area contributed by atoms with Crippen LogP contribution in [0.15, 0.2) is 36.4 Å². The lowest BCUT2D eigenvalue weighted by atomic mass is 9.74. The van der Waals surface area contributed by atoms with Crippen LogP contribution in [0.1, 0.15) is 65.5 Å². The predicted molar refractivity (Wildman–Crippen MR) is 182 cm³/mol. The van der Waals surface area contributed by atoms with Crippen molar-refractivity contribution in [3.05, 3.63) is 59.2 Å².